The molecule has 150 valence electrons. The van der Waals surface area contributed by atoms with Crippen molar-refractivity contribution in [2.45, 2.75) is 30.8 Å². The first-order valence-electron chi connectivity index (χ1n) is 9.05. The highest BCUT2D eigenvalue weighted by atomic mass is 35.5. The Morgan fingerprint density at radius 3 is 2.79 bits per heavy atom. The summed E-state index contributed by atoms with van der Waals surface area (Å²) in [5.74, 6) is 0. The van der Waals surface area contributed by atoms with E-state index in [4.69, 9.17) is 23.2 Å². The highest BCUT2D eigenvalue weighted by molar-refractivity contribution is 7.89. The summed E-state index contributed by atoms with van der Waals surface area (Å²) in [6.45, 7) is 3.30. The zero-order valence-electron chi connectivity index (χ0n) is 15.1. The molecule has 2 aromatic heterocycles. The average molecular weight is 459 g/mol. The lowest BCUT2D eigenvalue weighted by molar-refractivity contribution is 0.249. The first-order valence-corrected chi connectivity index (χ1v) is 12.2. The van der Waals surface area contributed by atoms with E-state index in [0.29, 0.717) is 11.5 Å². The van der Waals surface area contributed by atoms with E-state index in [1.807, 2.05) is 0 Å². The zero-order chi connectivity index (χ0) is 19.7. The number of fused-ring (bicyclic) bond motifs is 2. The fourth-order valence-electron chi connectivity index (χ4n) is 3.49. The van der Waals surface area contributed by atoms with E-state index in [2.05, 4.69) is 38.9 Å². The second kappa shape index (κ2) is 8.30. The Labute approximate surface area is 178 Å². The molecule has 0 fully saturated rings. The van der Waals surface area contributed by atoms with Gasteiger partial charge in [0.25, 0.3) is 10.0 Å². The van der Waals surface area contributed by atoms with Gasteiger partial charge in [-0.1, -0.05) is 47.5 Å². The van der Waals surface area contributed by atoms with Gasteiger partial charge in [0.1, 0.15) is 5.15 Å². The average Bonchev–Trinajstić information content (AvgIpc) is 3.19. The first-order chi connectivity index (χ1) is 13.5. The van der Waals surface area contributed by atoms with E-state index in [1.165, 1.54) is 26.9 Å². The predicted octanol–water partition coefficient (Wildman–Crippen LogP) is 3.82. The van der Waals surface area contributed by atoms with Crippen LogP contribution in [0.5, 0.6) is 0 Å². The van der Waals surface area contributed by atoms with Crippen LogP contribution < -0.4 is 4.72 Å². The minimum absolute atomic E-state index is 0.0618. The largest absolute Gasteiger partial charge is 0.299 e. The van der Waals surface area contributed by atoms with E-state index in [0.717, 1.165) is 38.9 Å². The lowest BCUT2D eigenvalue weighted by Crippen LogP contribution is -2.32. The summed E-state index contributed by atoms with van der Waals surface area (Å²) >= 11 is 13.4. The van der Waals surface area contributed by atoms with Crippen molar-refractivity contribution in [2.75, 3.05) is 19.6 Å². The van der Waals surface area contributed by atoms with Crippen LogP contribution in [-0.4, -0.2) is 42.3 Å². The van der Waals surface area contributed by atoms with E-state index in [9.17, 15) is 8.42 Å². The van der Waals surface area contributed by atoms with Crippen LogP contribution in [0.3, 0.4) is 0 Å². The van der Waals surface area contributed by atoms with E-state index < -0.39 is 10.0 Å². The van der Waals surface area contributed by atoms with Gasteiger partial charge in [-0.05, 0) is 36.9 Å². The van der Waals surface area contributed by atoms with Gasteiger partial charge in [0.2, 0.25) is 0 Å². The van der Waals surface area contributed by atoms with Crippen molar-refractivity contribution in [1.82, 2.24) is 19.0 Å². The van der Waals surface area contributed by atoms with Crippen molar-refractivity contribution in [1.29, 1.82) is 0 Å². The molecule has 0 unspecified atom stereocenters. The number of rotatable bonds is 7. The number of imidazole rings is 1. The summed E-state index contributed by atoms with van der Waals surface area (Å²) in [6.07, 6.45) is 2.73. The van der Waals surface area contributed by atoms with E-state index in [-0.39, 0.29) is 15.3 Å². The fourth-order valence-corrected chi connectivity index (χ4v) is 6.46. The molecule has 28 heavy (non-hydrogen) atoms. The van der Waals surface area contributed by atoms with Crippen LogP contribution in [0.25, 0.3) is 4.96 Å². The SMILES string of the molecule is O=S(=O)(NCCCCN1CCc2ccccc2C1)c1c(Cl)nc2scc(Cl)n12. The number of halogens is 2. The van der Waals surface area contributed by atoms with Crippen LogP contribution in [0.4, 0.5) is 0 Å². The molecule has 1 aliphatic rings. The molecule has 3 heterocycles. The van der Waals surface area contributed by atoms with Crippen LogP contribution in [0, 0.1) is 0 Å². The summed E-state index contributed by atoms with van der Waals surface area (Å²) < 4.78 is 29.3. The van der Waals surface area contributed by atoms with Crippen molar-refractivity contribution in [3.63, 3.8) is 0 Å². The van der Waals surface area contributed by atoms with Crippen LogP contribution in [0.1, 0.15) is 24.0 Å². The Morgan fingerprint density at radius 1 is 1.18 bits per heavy atom. The van der Waals surface area contributed by atoms with Gasteiger partial charge in [0.05, 0.1) is 0 Å². The van der Waals surface area contributed by atoms with Crippen molar-refractivity contribution in [3.05, 3.63) is 51.1 Å². The maximum absolute atomic E-state index is 12.7. The number of hydrogen-bond acceptors (Lipinski definition) is 5. The third-order valence-corrected chi connectivity index (χ3v) is 7.98. The fraction of sp³-hybridized carbons (Fsp3) is 0.389. The van der Waals surface area contributed by atoms with Gasteiger partial charge in [-0.25, -0.2) is 18.1 Å². The second-order valence-electron chi connectivity index (χ2n) is 6.78. The molecule has 3 aromatic rings. The molecule has 4 rings (SSSR count). The van der Waals surface area contributed by atoms with Crippen LogP contribution in [0.2, 0.25) is 10.3 Å². The maximum atomic E-state index is 12.7. The van der Waals surface area contributed by atoms with Crippen molar-refractivity contribution >= 4 is 49.5 Å². The molecule has 1 aromatic carbocycles. The highest BCUT2D eigenvalue weighted by Crippen LogP contribution is 2.30. The van der Waals surface area contributed by atoms with Gasteiger partial charge < -0.3 is 0 Å². The second-order valence-corrected chi connectivity index (χ2v) is 10.0. The summed E-state index contributed by atoms with van der Waals surface area (Å²) in [5.41, 5.74) is 2.82. The van der Waals surface area contributed by atoms with Crippen molar-refractivity contribution in [2.24, 2.45) is 0 Å². The molecular weight excluding hydrogens is 439 g/mol. The molecule has 0 radical (unpaired) electrons. The Morgan fingerprint density at radius 2 is 1.96 bits per heavy atom. The van der Waals surface area contributed by atoms with Gasteiger partial charge in [-0.2, -0.15) is 0 Å². The predicted molar refractivity (Wildman–Crippen MR) is 113 cm³/mol. The molecule has 0 saturated heterocycles. The summed E-state index contributed by atoms with van der Waals surface area (Å²) in [5, 5.41) is 1.76. The molecule has 0 atom stereocenters. The van der Waals surface area contributed by atoms with Gasteiger partial charge in [-0.3, -0.25) is 9.30 Å². The minimum Gasteiger partial charge on any atom is -0.299 e. The first kappa shape index (κ1) is 20.1. The maximum Gasteiger partial charge on any atom is 0.259 e. The summed E-state index contributed by atoms with van der Waals surface area (Å²) in [7, 11) is -3.78. The molecule has 0 aliphatic carbocycles. The number of nitrogens with one attached hydrogen (secondary N) is 1. The molecule has 6 nitrogen and oxygen atoms in total. The van der Waals surface area contributed by atoms with Crippen LogP contribution in [0.15, 0.2) is 34.7 Å². The Hall–Kier alpha value is -1.16. The van der Waals surface area contributed by atoms with Crippen molar-refractivity contribution in [3.8, 4) is 0 Å². The third kappa shape index (κ3) is 4.08. The molecule has 0 spiro atoms. The van der Waals surface area contributed by atoms with Crippen LogP contribution in [-0.2, 0) is 23.0 Å². The molecular formula is C18H20Cl2N4O2S2. The summed E-state index contributed by atoms with van der Waals surface area (Å²) in [6, 6.07) is 8.54. The number of thiazole rings is 1. The third-order valence-electron chi connectivity index (χ3n) is 4.90. The smallest absolute Gasteiger partial charge is 0.259 e. The Balaban J connectivity index is 1.29. The van der Waals surface area contributed by atoms with Crippen molar-refractivity contribution < 1.29 is 8.42 Å². The molecule has 10 heteroatoms. The summed E-state index contributed by atoms with van der Waals surface area (Å²) in [4.78, 5) is 6.94. The number of unbranched alkanes of at least 4 members (excludes halogenated alkanes) is 1. The Bertz CT molecular complexity index is 1090. The zero-order valence-corrected chi connectivity index (χ0v) is 18.2. The van der Waals surface area contributed by atoms with Gasteiger partial charge in [0, 0.05) is 25.0 Å². The number of nitrogens with zero attached hydrogens (tertiary/aromatic N) is 3. The molecule has 1 N–H and O–H groups in total. The number of sulfonamides is 1. The molecule has 0 bridgehead atoms. The molecule has 0 amide bonds. The van der Waals surface area contributed by atoms with Gasteiger partial charge in [0.15, 0.2) is 15.1 Å². The monoisotopic (exact) mass is 458 g/mol. The minimum atomic E-state index is -3.78. The van der Waals surface area contributed by atoms with E-state index >= 15 is 0 Å². The topological polar surface area (TPSA) is 66.7 Å². The van der Waals surface area contributed by atoms with Crippen LogP contribution >= 0.6 is 34.5 Å². The number of aromatic nitrogens is 2. The lowest BCUT2D eigenvalue weighted by Gasteiger charge is -2.28. The normalized spacial score (nSPS) is 15.2. The van der Waals surface area contributed by atoms with Gasteiger partial charge in [-0.15, -0.1) is 11.3 Å². The lowest BCUT2D eigenvalue weighted by atomic mass is 10.00. The molecule has 0 saturated carbocycles. The quantitative estimate of drug-likeness (QED) is 0.546. The van der Waals surface area contributed by atoms with E-state index in [1.54, 1.807) is 5.38 Å². The van der Waals surface area contributed by atoms with Gasteiger partial charge >= 0.3 is 0 Å². The Kier molecular flexibility index (Phi) is 5.96. The molecule has 1 aliphatic heterocycles. The number of benzene rings is 1. The highest BCUT2D eigenvalue weighted by Gasteiger charge is 2.26. The number of hydrogen-bond donors (Lipinski definition) is 1. The standard InChI is InChI=1S/C18H20Cl2N4O2S2/c19-15-12-27-18-22-16(20)17(24(15)18)28(25,26)21-8-3-4-9-23-10-7-13-5-1-2-6-14(13)11-23/h1-2,5-6,12,21H,3-4,7-11H2.